The average molecular weight is 304 g/mol. The Bertz CT molecular complexity index is 656. The first-order valence-corrected chi connectivity index (χ1v) is 7.57. The molecule has 3 heterocycles. The molecule has 1 unspecified atom stereocenters. The number of nitrogens with zero attached hydrogens (tertiary/aromatic N) is 4. The van der Waals surface area contributed by atoms with Crippen LogP contribution in [0.4, 0.5) is 0 Å². The molecule has 0 aliphatic carbocycles. The lowest BCUT2D eigenvalue weighted by atomic mass is 9.78. The molecule has 2 amide bonds. The normalized spacial score (nSPS) is 25.0. The van der Waals surface area contributed by atoms with E-state index < -0.39 is 11.1 Å². The first-order chi connectivity index (χ1) is 10.5. The van der Waals surface area contributed by atoms with Gasteiger partial charge < -0.3 is 9.80 Å². The fourth-order valence-corrected chi connectivity index (χ4v) is 3.49. The van der Waals surface area contributed by atoms with Gasteiger partial charge in [-0.15, -0.1) is 0 Å². The molecule has 7 heteroatoms. The molecule has 0 bridgehead atoms. The molecule has 1 spiro atoms. The van der Waals surface area contributed by atoms with Crippen molar-refractivity contribution in [3.63, 3.8) is 0 Å². The molecular formula is C15H20N4O3. The molecule has 0 saturated carbocycles. The second kappa shape index (κ2) is 5.55. The van der Waals surface area contributed by atoms with Crippen LogP contribution >= 0.6 is 0 Å². The highest BCUT2D eigenvalue weighted by atomic mass is 16.2. The van der Waals surface area contributed by atoms with Crippen molar-refractivity contribution >= 4 is 11.8 Å². The highest BCUT2D eigenvalue weighted by Gasteiger charge is 2.48. The number of piperidine rings is 1. The van der Waals surface area contributed by atoms with Crippen LogP contribution in [-0.4, -0.2) is 57.8 Å². The number of carbonyl (C=O) groups is 2. The van der Waals surface area contributed by atoms with Crippen LogP contribution in [0, 0.1) is 5.41 Å². The number of rotatable bonds is 2. The molecule has 2 aliphatic rings. The monoisotopic (exact) mass is 304 g/mol. The maximum absolute atomic E-state index is 12.5. The van der Waals surface area contributed by atoms with Crippen molar-refractivity contribution in [2.24, 2.45) is 5.41 Å². The van der Waals surface area contributed by atoms with E-state index in [0.717, 1.165) is 19.4 Å². The minimum Gasteiger partial charge on any atom is -0.345 e. The van der Waals surface area contributed by atoms with Crippen molar-refractivity contribution in [2.75, 3.05) is 26.7 Å². The smallest absolute Gasteiger partial charge is 0.345 e. The summed E-state index contributed by atoms with van der Waals surface area (Å²) in [6, 6.07) is 1.62. The summed E-state index contributed by atoms with van der Waals surface area (Å²) in [4.78, 5) is 43.5. The third kappa shape index (κ3) is 2.51. The first kappa shape index (κ1) is 14.7. The third-order valence-electron chi connectivity index (χ3n) is 4.74. The van der Waals surface area contributed by atoms with Gasteiger partial charge in [0.2, 0.25) is 11.8 Å². The van der Waals surface area contributed by atoms with E-state index in [2.05, 4.69) is 4.98 Å². The van der Waals surface area contributed by atoms with Gasteiger partial charge in [0.1, 0.15) is 6.54 Å². The Morgan fingerprint density at radius 2 is 2.14 bits per heavy atom. The standard InChI is InChI=1S/C15H20N4O3/c1-17-7-2-4-15(13(17)21)5-9-19(11-15)12(20)10-18-8-3-6-16-14(18)22/h3,6,8H,2,4-5,7,9-11H2,1H3. The van der Waals surface area contributed by atoms with Crippen molar-refractivity contribution in [1.82, 2.24) is 19.4 Å². The fraction of sp³-hybridized carbons (Fsp3) is 0.600. The molecule has 1 aromatic heterocycles. The lowest BCUT2D eigenvalue weighted by Gasteiger charge is -2.37. The first-order valence-electron chi connectivity index (χ1n) is 7.57. The summed E-state index contributed by atoms with van der Waals surface area (Å²) in [6.45, 7) is 1.81. The predicted molar refractivity (Wildman–Crippen MR) is 79.0 cm³/mol. The topological polar surface area (TPSA) is 75.5 Å². The summed E-state index contributed by atoms with van der Waals surface area (Å²) in [5, 5.41) is 0. The number of hydrogen-bond acceptors (Lipinski definition) is 4. The van der Waals surface area contributed by atoms with Gasteiger partial charge in [0, 0.05) is 39.1 Å². The van der Waals surface area contributed by atoms with Gasteiger partial charge in [-0.2, -0.15) is 0 Å². The van der Waals surface area contributed by atoms with Crippen LogP contribution in [0.2, 0.25) is 0 Å². The van der Waals surface area contributed by atoms with Crippen LogP contribution in [0.3, 0.4) is 0 Å². The molecule has 0 radical (unpaired) electrons. The van der Waals surface area contributed by atoms with Gasteiger partial charge in [0.25, 0.3) is 0 Å². The zero-order valence-electron chi connectivity index (χ0n) is 12.7. The predicted octanol–water partition coefficient (Wildman–Crippen LogP) is -0.286. The maximum Gasteiger partial charge on any atom is 0.347 e. The summed E-state index contributed by atoms with van der Waals surface area (Å²) in [7, 11) is 1.82. The van der Waals surface area contributed by atoms with E-state index in [-0.39, 0.29) is 18.4 Å². The Balaban J connectivity index is 1.70. The largest absolute Gasteiger partial charge is 0.347 e. The highest BCUT2D eigenvalue weighted by molar-refractivity contribution is 5.85. The van der Waals surface area contributed by atoms with E-state index in [1.54, 1.807) is 22.1 Å². The second-order valence-corrected chi connectivity index (χ2v) is 6.21. The van der Waals surface area contributed by atoms with Crippen molar-refractivity contribution in [3.8, 4) is 0 Å². The van der Waals surface area contributed by atoms with Crippen LogP contribution in [0.25, 0.3) is 0 Å². The Morgan fingerprint density at radius 3 is 2.91 bits per heavy atom. The molecule has 2 saturated heterocycles. The number of amides is 2. The molecule has 0 N–H and O–H groups in total. The molecule has 118 valence electrons. The number of carbonyl (C=O) groups excluding carboxylic acids is 2. The number of likely N-dealkylation sites (tertiary alicyclic amines) is 2. The Hall–Kier alpha value is -2.18. The van der Waals surface area contributed by atoms with Crippen LogP contribution in [0.5, 0.6) is 0 Å². The van der Waals surface area contributed by atoms with Crippen molar-refractivity contribution < 1.29 is 9.59 Å². The Morgan fingerprint density at radius 1 is 1.32 bits per heavy atom. The van der Waals surface area contributed by atoms with E-state index in [9.17, 15) is 14.4 Å². The van der Waals surface area contributed by atoms with Crippen molar-refractivity contribution in [1.29, 1.82) is 0 Å². The second-order valence-electron chi connectivity index (χ2n) is 6.21. The summed E-state index contributed by atoms with van der Waals surface area (Å²) in [5.41, 5.74) is -0.846. The number of aromatic nitrogens is 2. The zero-order chi connectivity index (χ0) is 15.7. The molecule has 1 atom stereocenters. The average Bonchev–Trinajstić information content (AvgIpc) is 2.93. The van der Waals surface area contributed by atoms with Gasteiger partial charge in [-0.1, -0.05) is 0 Å². The molecule has 2 fully saturated rings. The van der Waals surface area contributed by atoms with Gasteiger partial charge in [0.15, 0.2) is 0 Å². The molecule has 2 aliphatic heterocycles. The van der Waals surface area contributed by atoms with Gasteiger partial charge >= 0.3 is 5.69 Å². The Kier molecular flexibility index (Phi) is 3.72. The lowest BCUT2D eigenvalue weighted by molar-refractivity contribution is -0.144. The molecule has 7 nitrogen and oxygen atoms in total. The molecule has 3 rings (SSSR count). The van der Waals surface area contributed by atoms with E-state index in [4.69, 9.17) is 0 Å². The van der Waals surface area contributed by atoms with Crippen LogP contribution in [0.1, 0.15) is 19.3 Å². The molecule has 1 aromatic rings. The minimum absolute atomic E-state index is 0.0210. The molecule has 22 heavy (non-hydrogen) atoms. The highest BCUT2D eigenvalue weighted by Crippen LogP contribution is 2.39. The van der Waals surface area contributed by atoms with E-state index in [0.29, 0.717) is 19.5 Å². The zero-order valence-corrected chi connectivity index (χ0v) is 12.7. The Labute approximate surface area is 128 Å². The third-order valence-corrected chi connectivity index (χ3v) is 4.74. The van der Waals surface area contributed by atoms with Gasteiger partial charge in [0.05, 0.1) is 5.41 Å². The van der Waals surface area contributed by atoms with Crippen LogP contribution in [0.15, 0.2) is 23.3 Å². The number of hydrogen-bond donors (Lipinski definition) is 0. The van der Waals surface area contributed by atoms with Gasteiger partial charge in [-0.05, 0) is 25.3 Å². The van der Waals surface area contributed by atoms with Gasteiger partial charge in [-0.25, -0.2) is 9.78 Å². The molecule has 0 aromatic carbocycles. The SMILES string of the molecule is CN1CCCC2(CCN(C(=O)Cn3cccnc3=O)C2)C1=O. The summed E-state index contributed by atoms with van der Waals surface area (Å²) in [6.07, 6.45) is 5.49. The fourth-order valence-electron chi connectivity index (χ4n) is 3.49. The summed E-state index contributed by atoms with van der Waals surface area (Å²) >= 11 is 0. The minimum atomic E-state index is -0.432. The quantitative estimate of drug-likeness (QED) is 0.753. The summed E-state index contributed by atoms with van der Waals surface area (Å²) in [5.74, 6) is 0.0144. The van der Waals surface area contributed by atoms with Crippen LogP contribution in [-0.2, 0) is 16.1 Å². The van der Waals surface area contributed by atoms with Gasteiger partial charge in [-0.3, -0.25) is 14.2 Å². The molecular weight excluding hydrogens is 284 g/mol. The lowest BCUT2D eigenvalue weighted by Crippen LogP contribution is -2.49. The van der Waals surface area contributed by atoms with Crippen LogP contribution < -0.4 is 5.69 Å². The maximum atomic E-state index is 12.5. The summed E-state index contributed by atoms with van der Waals surface area (Å²) < 4.78 is 1.29. The van der Waals surface area contributed by atoms with E-state index in [1.807, 2.05) is 7.05 Å². The van der Waals surface area contributed by atoms with E-state index in [1.165, 1.54) is 10.8 Å². The van der Waals surface area contributed by atoms with Crippen molar-refractivity contribution in [2.45, 2.75) is 25.8 Å². The van der Waals surface area contributed by atoms with E-state index >= 15 is 0 Å². The van der Waals surface area contributed by atoms with Crippen molar-refractivity contribution in [3.05, 3.63) is 28.9 Å².